The van der Waals surface area contributed by atoms with Crippen molar-refractivity contribution in [2.75, 3.05) is 7.11 Å². The van der Waals surface area contributed by atoms with Gasteiger partial charge in [-0.25, -0.2) is 9.78 Å². The molecular weight excluding hydrogens is 309 g/mol. The molecule has 3 nitrogen and oxygen atoms in total. The lowest BCUT2D eigenvalue weighted by atomic mass is 10.1. The third kappa shape index (κ3) is 3.00. The van der Waals surface area contributed by atoms with Crippen molar-refractivity contribution in [2.24, 2.45) is 0 Å². The number of benzene rings is 1. The van der Waals surface area contributed by atoms with Gasteiger partial charge in [0.1, 0.15) is 5.15 Å². The van der Waals surface area contributed by atoms with Crippen molar-refractivity contribution in [3.05, 3.63) is 51.1 Å². The Morgan fingerprint density at radius 1 is 1.21 bits per heavy atom. The first-order valence-electron chi connectivity index (χ1n) is 5.23. The summed E-state index contributed by atoms with van der Waals surface area (Å²) < 4.78 is 4.65. The van der Waals surface area contributed by atoms with E-state index in [1.807, 2.05) is 0 Å². The van der Waals surface area contributed by atoms with Gasteiger partial charge in [-0.3, -0.25) is 0 Å². The van der Waals surface area contributed by atoms with E-state index in [1.54, 1.807) is 24.3 Å². The summed E-state index contributed by atoms with van der Waals surface area (Å²) in [6, 6.07) is 8.13. The number of carbonyl (C=O) groups is 1. The van der Waals surface area contributed by atoms with Crippen LogP contribution in [0.25, 0.3) is 11.3 Å². The topological polar surface area (TPSA) is 39.2 Å². The number of halogens is 3. The van der Waals surface area contributed by atoms with Gasteiger partial charge in [0, 0.05) is 5.56 Å². The highest BCUT2D eigenvalue weighted by Gasteiger charge is 2.13. The van der Waals surface area contributed by atoms with Gasteiger partial charge >= 0.3 is 5.97 Å². The van der Waals surface area contributed by atoms with Gasteiger partial charge in [0.05, 0.1) is 28.4 Å². The molecule has 1 aromatic carbocycles. The van der Waals surface area contributed by atoms with Crippen molar-refractivity contribution in [3.8, 4) is 11.3 Å². The number of aromatic nitrogens is 1. The first-order valence-corrected chi connectivity index (χ1v) is 6.36. The van der Waals surface area contributed by atoms with Crippen LogP contribution < -0.4 is 0 Å². The highest BCUT2D eigenvalue weighted by Crippen LogP contribution is 2.33. The highest BCUT2D eigenvalue weighted by atomic mass is 35.5. The maximum Gasteiger partial charge on any atom is 0.338 e. The molecule has 0 N–H and O–H groups in total. The number of ether oxygens (including phenoxy) is 1. The Bertz CT molecular complexity index is 644. The second-order valence-corrected chi connectivity index (χ2v) is 4.83. The van der Waals surface area contributed by atoms with E-state index in [1.165, 1.54) is 13.2 Å². The monoisotopic (exact) mass is 315 g/mol. The second-order valence-electron chi connectivity index (χ2n) is 3.66. The molecule has 0 unspecified atom stereocenters. The molecular formula is C13H8Cl3NO2. The Hall–Kier alpha value is -1.29. The Morgan fingerprint density at radius 3 is 2.63 bits per heavy atom. The van der Waals surface area contributed by atoms with Crippen molar-refractivity contribution in [2.45, 2.75) is 0 Å². The highest BCUT2D eigenvalue weighted by molar-refractivity contribution is 6.43. The van der Waals surface area contributed by atoms with Gasteiger partial charge in [0.2, 0.25) is 0 Å². The van der Waals surface area contributed by atoms with Crippen molar-refractivity contribution in [1.82, 2.24) is 4.98 Å². The summed E-state index contributed by atoms with van der Waals surface area (Å²) in [4.78, 5) is 15.7. The molecule has 0 aliphatic rings. The molecule has 0 amide bonds. The summed E-state index contributed by atoms with van der Waals surface area (Å²) in [5.41, 5.74) is 1.36. The number of methoxy groups -OCH3 is 1. The summed E-state index contributed by atoms with van der Waals surface area (Å²) in [6.07, 6.45) is 0. The molecule has 0 fully saturated rings. The number of hydrogen-bond donors (Lipinski definition) is 0. The van der Waals surface area contributed by atoms with Gasteiger partial charge in [0.15, 0.2) is 0 Å². The molecule has 1 heterocycles. The Labute approximate surface area is 125 Å². The number of pyridine rings is 1. The van der Waals surface area contributed by atoms with Crippen LogP contribution >= 0.6 is 34.8 Å². The SMILES string of the molecule is COC(=O)c1cc(Cl)nc(-c2cccc(Cl)c2Cl)c1. The minimum absolute atomic E-state index is 0.175. The molecule has 0 saturated carbocycles. The second kappa shape index (κ2) is 5.78. The average Bonchev–Trinajstić information content (AvgIpc) is 2.40. The third-order valence-electron chi connectivity index (χ3n) is 2.44. The minimum Gasteiger partial charge on any atom is -0.465 e. The van der Waals surface area contributed by atoms with Crippen LogP contribution in [-0.4, -0.2) is 18.1 Å². The van der Waals surface area contributed by atoms with Crippen LogP contribution in [0.3, 0.4) is 0 Å². The minimum atomic E-state index is -0.497. The molecule has 0 aliphatic carbocycles. The van der Waals surface area contributed by atoms with Gasteiger partial charge in [-0.15, -0.1) is 0 Å². The lowest BCUT2D eigenvalue weighted by Crippen LogP contribution is -2.02. The molecule has 0 bridgehead atoms. The number of hydrogen-bond acceptors (Lipinski definition) is 3. The average molecular weight is 317 g/mol. The molecule has 19 heavy (non-hydrogen) atoms. The molecule has 2 rings (SSSR count). The normalized spacial score (nSPS) is 10.3. The first kappa shape index (κ1) is 14.1. The van der Waals surface area contributed by atoms with E-state index >= 15 is 0 Å². The fraction of sp³-hybridized carbons (Fsp3) is 0.0769. The van der Waals surface area contributed by atoms with Gasteiger partial charge in [-0.2, -0.15) is 0 Å². The molecule has 0 aliphatic heterocycles. The molecule has 2 aromatic rings. The maximum absolute atomic E-state index is 11.5. The summed E-state index contributed by atoms with van der Waals surface area (Å²) >= 11 is 18.0. The van der Waals surface area contributed by atoms with Crippen LogP contribution in [0.1, 0.15) is 10.4 Å². The fourth-order valence-corrected chi connectivity index (χ4v) is 2.18. The van der Waals surface area contributed by atoms with E-state index in [2.05, 4.69) is 9.72 Å². The van der Waals surface area contributed by atoms with Gasteiger partial charge < -0.3 is 4.74 Å². The van der Waals surface area contributed by atoms with Crippen LogP contribution in [-0.2, 0) is 4.74 Å². The van der Waals surface area contributed by atoms with E-state index in [0.29, 0.717) is 26.9 Å². The predicted octanol–water partition coefficient (Wildman–Crippen LogP) is 4.50. The zero-order valence-electron chi connectivity index (χ0n) is 9.78. The van der Waals surface area contributed by atoms with Gasteiger partial charge in [-0.05, 0) is 18.2 Å². The summed E-state index contributed by atoms with van der Waals surface area (Å²) in [5.74, 6) is -0.497. The van der Waals surface area contributed by atoms with Crippen molar-refractivity contribution in [3.63, 3.8) is 0 Å². The molecule has 1 aromatic heterocycles. The first-order chi connectivity index (χ1) is 9.02. The number of rotatable bonds is 2. The predicted molar refractivity (Wildman–Crippen MR) is 76.0 cm³/mol. The standard InChI is InChI=1S/C13H8Cl3NO2/c1-19-13(18)7-5-10(17-11(15)6-7)8-3-2-4-9(14)12(8)16/h2-6H,1H3. The Morgan fingerprint density at radius 2 is 1.95 bits per heavy atom. The Balaban J connectivity index is 2.59. The van der Waals surface area contributed by atoms with Crippen molar-refractivity contribution in [1.29, 1.82) is 0 Å². The summed E-state index contributed by atoms with van der Waals surface area (Å²) in [6.45, 7) is 0. The van der Waals surface area contributed by atoms with Crippen molar-refractivity contribution < 1.29 is 9.53 Å². The van der Waals surface area contributed by atoms with Crippen LogP contribution in [0.15, 0.2) is 30.3 Å². The summed E-state index contributed by atoms with van der Waals surface area (Å²) in [5, 5.41) is 0.934. The molecule has 0 radical (unpaired) electrons. The number of nitrogens with zero attached hydrogens (tertiary/aromatic N) is 1. The van der Waals surface area contributed by atoms with Crippen LogP contribution in [0.2, 0.25) is 15.2 Å². The molecule has 6 heteroatoms. The quantitative estimate of drug-likeness (QED) is 0.605. The van der Waals surface area contributed by atoms with E-state index in [9.17, 15) is 4.79 Å². The van der Waals surface area contributed by atoms with Crippen LogP contribution in [0, 0.1) is 0 Å². The van der Waals surface area contributed by atoms with E-state index < -0.39 is 5.97 Å². The molecule has 0 spiro atoms. The van der Waals surface area contributed by atoms with Gasteiger partial charge in [-0.1, -0.05) is 46.9 Å². The molecule has 98 valence electrons. The largest absolute Gasteiger partial charge is 0.465 e. The van der Waals surface area contributed by atoms with Crippen LogP contribution in [0.5, 0.6) is 0 Å². The zero-order valence-corrected chi connectivity index (χ0v) is 12.1. The molecule has 0 saturated heterocycles. The number of esters is 1. The van der Waals surface area contributed by atoms with Crippen molar-refractivity contribution >= 4 is 40.8 Å². The number of carbonyl (C=O) groups excluding carboxylic acids is 1. The van der Waals surface area contributed by atoms with Crippen LogP contribution in [0.4, 0.5) is 0 Å². The summed E-state index contributed by atoms with van der Waals surface area (Å²) in [7, 11) is 1.29. The maximum atomic E-state index is 11.5. The fourth-order valence-electron chi connectivity index (χ4n) is 1.57. The van der Waals surface area contributed by atoms with E-state index in [-0.39, 0.29) is 5.15 Å². The lowest BCUT2D eigenvalue weighted by Gasteiger charge is -2.07. The van der Waals surface area contributed by atoms with Gasteiger partial charge in [0.25, 0.3) is 0 Å². The third-order valence-corrected chi connectivity index (χ3v) is 3.46. The van der Waals surface area contributed by atoms with E-state index in [4.69, 9.17) is 34.8 Å². The zero-order chi connectivity index (χ0) is 14.0. The molecule has 0 atom stereocenters. The lowest BCUT2D eigenvalue weighted by molar-refractivity contribution is 0.0600. The van der Waals surface area contributed by atoms with E-state index in [0.717, 1.165) is 0 Å². The smallest absolute Gasteiger partial charge is 0.338 e. The Kier molecular flexibility index (Phi) is 4.30.